The van der Waals surface area contributed by atoms with Gasteiger partial charge < -0.3 is 15.5 Å². The van der Waals surface area contributed by atoms with Crippen molar-refractivity contribution < 1.29 is 10.2 Å². The molecule has 17 heavy (non-hydrogen) atoms. The first-order valence-electron chi connectivity index (χ1n) is 5.93. The smallest absolute Gasteiger partial charge is 0.0861 e. The van der Waals surface area contributed by atoms with Gasteiger partial charge in [0, 0.05) is 17.5 Å². The van der Waals surface area contributed by atoms with E-state index in [1.165, 1.54) is 5.56 Å². The second kappa shape index (κ2) is 8.53. The molecule has 0 saturated heterocycles. The molecule has 1 aromatic carbocycles. The van der Waals surface area contributed by atoms with Gasteiger partial charge in [0.15, 0.2) is 0 Å². The Labute approximate surface area is 107 Å². The summed E-state index contributed by atoms with van der Waals surface area (Å²) in [6.07, 6.45) is -0.613. The van der Waals surface area contributed by atoms with Gasteiger partial charge >= 0.3 is 0 Å². The van der Waals surface area contributed by atoms with Gasteiger partial charge in [0.25, 0.3) is 0 Å². The van der Waals surface area contributed by atoms with Crippen molar-refractivity contribution in [2.75, 3.05) is 24.7 Å². The van der Waals surface area contributed by atoms with Crippen LogP contribution in [0.15, 0.2) is 30.3 Å². The molecule has 2 atom stereocenters. The Hall–Kier alpha value is -0.550. The lowest BCUT2D eigenvalue weighted by Gasteiger charge is -2.18. The van der Waals surface area contributed by atoms with Gasteiger partial charge in [0.1, 0.15) is 0 Å². The van der Waals surface area contributed by atoms with E-state index in [0.717, 1.165) is 12.3 Å². The van der Waals surface area contributed by atoms with E-state index in [2.05, 4.69) is 24.4 Å². The third-order valence-electron chi connectivity index (χ3n) is 2.46. The number of hydrogen-bond donors (Lipinski definition) is 3. The van der Waals surface area contributed by atoms with Crippen molar-refractivity contribution >= 4 is 11.8 Å². The van der Waals surface area contributed by atoms with E-state index >= 15 is 0 Å². The molecule has 0 bridgehead atoms. The summed E-state index contributed by atoms with van der Waals surface area (Å²) >= 11 is 1.66. The van der Waals surface area contributed by atoms with Crippen molar-refractivity contribution in [2.24, 2.45) is 0 Å². The van der Waals surface area contributed by atoms with Crippen molar-refractivity contribution in [1.82, 2.24) is 5.32 Å². The lowest BCUT2D eigenvalue weighted by molar-refractivity contribution is 0.113. The van der Waals surface area contributed by atoms with Crippen LogP contribution >= 0.6 is 11.8 Å². The summed E-state index contributed by atoms with van der Waals surface area (Å²) in [5.74, 6) is 1.47. The number of hydrogen-bond acceptors (Lipinski definition) is 4. The second-order valence-corrected chi connectivity index (χ2v) is 4.97. The number of aliphatic hydroxyl groups excluding tert-OH is 2. The molecular weight excluding hydrogens is 234 g/mol. The molecule has 0 aliphatic heterocycles. The van der Waals surface area contributed by atoms with Gasteiger partial charge in [-0.05, 0) is 12.1 Å². The average molecular weight is 255 g/mol. The maximum absolute atomic E-state index is 9.28. The van der Waals surface area contributed by atoms with Gasteiger partial charge in [-0.2, -0.15) is 11.8 Å². The molecule has 4 heteroatoms. The fourth-order valence-electron chi connectivity index (χ4n) is 1.58. The Morgan fingerprint density at radius 2 is 1.94 bits per heavy atom. The van der Waals surface area contributed by atoms with Gasteiger partial charge in [-0.1, -0.05) is 37.3 Å². The molecule has 0 heterocycles. The maximum atomic E-state index is 9.28. The Kier molecular flexibility index (Phi) is 7.28. The fraction of sp³-hybridized carbons (Fsp3) is 0.538. The maximum Gasteiger partial charge on any atom is 0.0861 e. The van der Waals surface area contributed by atoms with Crippen molar-refractivity contribution in [3.63, 3.8) is 0 Å². The molecule has 96 valence electrons. The number of rotatable bonds is 8. The van der Waals surface area contributed by atoms with E-state index in [1.807, 2.05) is 18.2 Å². The molecule has 0 radical (unpaired) electrons. The summed E-state index contributed by atoms with van der Waals surface area (Å²) in [4.78, 5) is 0. The number of aliphatic hydroxyl groups is 2. The fourth-order valence-corrected chi connectivity index (χ4v) is 2.64. The molecule has 3 nitrogen and oxygen atoms in total. The molecular formula is C13H21NO2S. The second-order valence-electron chi connectivity index (χ2n) is 3.89. The normalized spacial score (nSPS) is 14.5. The van der Waals surface area contributed by atoms with E-state index in [0.29, 0.717) is 11.8 Å². The van der Waals surface area contributed by atoms with Crippen molar-refractivity contribution in [2.45, 2.75) is 19.1 Å². The SMILES string of the molecule is CCNC(CSCC(O)CO)c1ccccc1. The first kappa shape index (κ1) is 14.5. The average Bonchev–Trinajstić information content (AvgIpc) is 2.38. The minimum atomic E-state index is -0.613. The predicted octanol–water partition coefficient (Wildman–Crippen LogP) is 1.42. The van der Waals surface area contributed by atoms with Crippen LogP contribution in [0.1, 0.15) is 18.5 Å². The highest BCUT2D eigenvalue weighted by atomic mass is 32.2. The summed E-state index contributed by atoms with van der Waals surface area (Å²) < 4.78 is 0. The number of benzene rings is 1. The van der Waals surface area contributed by atoms with Crippen molar-refractivity contribution in [3.8, 4) is 0 Å². The van der Waals surface area contributed by atoms with E-state index in [1.54, 1.807) is 11.8 Å². The number of nitrogens with one attached hydrogen (secondary N) is 1. The van der Waals surface area contributed by atoms with Gasteiger partial charge in [-0.15, -0.1) is 0 Å². The van der Waals surface area contributed by atoms with E-state index in [4.69, 9.17) is 5.11 Å². The standard InChI is InChI=1S/C13H21NO2S/c1-2-14-13(10-17-9-12(16)8-15)11-6-4-3-5-7-11/h3-7,12-16H,2,8-10H2,1H3. The Balaban J connectivity index is 2.44. The molecule has 1 aromatic rings. The van der Waals surface area contributed by atoms with Crippen LogP contribution in [-0.2, 0) is 0 Å². The molecule has 0 fully saturated rings. The minimum absolute atomic E-state index is 0.162. The molecule has 0 spiro atoms. The van der Waals surface area contributed by atoms with Crippen LogP contribution in [0.2, 0.25) is 0 Å². The minimum Gasteiger partial charge on any atom is -0.394 e. The molecule has 0 aromatic heterocycles. The number of thioether (sulfide) groups is 1. The van der Waals surface area contributed by atoms with Gasteiger partial charge in [0.2, 0.25) is 0 Å². The van der Waals surface area contributed by atoms with Crippen LogP contribution in [0.4, 0.5) is 0 Å². The molecule has 0 aliphatic carbocycles. The van der Waals surface area contributed by atoms with Gasteiger partial charge in [-0.25, -0.2) is 0 Å². The van der Waals surface area contributed by atoms with Crippen LogP contribution in [-0.4, -0.2) is 41.0 Å². The zero-order chi connectivity index (χ0) is 12.5. The molecule has 1 rings (SSSR count). The van der Waals surface area contributed by atoms with Crippen molar-refractivity contribution in [3.05, 3.63) is 35.9 Å². The van der Waals surface area contributed by atoms with Crippen LogP contribution in [0.3, 0.4) is 0 Å². The first-order chi connectivity index (χ1) is 8.27. The zero-order valence-electron chi connectivity index (χ0n) is 10.2. The first-order valence-corrected chi connectivity index (χ1v) is 7.08. The quantitative estimate of drug-likeness (QED) is 0.658. The Morgan fingerprint density at radius 1 is 1.24 bits per heavy atom. The summed E-state index contributed by atoms with van der Waals surface area (Å²) in [5.41, 5.74) is 1.26. The molecule has 0 saturated carbocycles. The third kappa shape index (κ3) is 5.55. The van der Waals surface area contributed by atoms with Crippen LogP contribution in [0.5, 0.6) is 0 Å². The summed E-state index contributed by atoms with van der Waals surface area (Å²) in [7, 11) is 0. The van der Waals surface area contributed by atoms with Crippen LogP contribution < -0.4 is 5.32 Å². The highest BCUT2D eigenvalue weighted by Crippen LogP contribution is 2.18. The third-order valence-corrected chi connectivity index (χ3v) is 3.65. The van der Waals surface area contributed by atoms with Crippen molar-refractivity contribution in [1.29, 1.82) is 0 Å². The summed E-state index contributed by atoms with van der Waals surface area (Å²) in [5, 5.41) is 21.4. The van der Waals surface area contributed by atoms with Gasteiger partial charge in [0.05, 0.1) is 12.7 Å². The topological polar surface area (TPSA) is 52.5 Å². The highest BCUT2D eigenvalue weighted by Gasteiger charge is 2.11. The molecule has 0 amide bonds. The van der Waals surface area contributed by atoms with Gasteiger partial charge in [-0.3, -0.25) is 0 Å². The lowest BCUT2D eigenvalue weighted by atomic mass is 10.1. The lowest BCUT2D eigenvalue weighted by Crippen LogP contribution is -2.24. The van der Waals surface area contributed by atoms with Crippen LogP contribution in [0.25, 0.3) is 0 Å². The zero-order valence-corrected chi connectivity index (χ0v) is 11.0. The predicted molar refractivity (Wildman–Crippen MR) is 73.3 cm³/mol. The Morgan fingerprint density at radius 3 is 2.53 bits per heavy atom. The molecule has 0 aliphatic rings. The van der Waals surface area contributed by atoms with E-state index in [-0.39, 0.29) is 6.61 Å². The monoisotopic (exact) mass is 255 g/mol. The molecule has 3 N–H and O–H groups in total. The summed E-state index contributed by atoms with van der Waals surface area (Å²) in [6.45, 7) is 2.84. The summed E-state index contributed by atoms with van der Waals surface area (Å²) in [6, 6.07) is 10.6. The Bertz CT molecular complexity index is 295. The largest absolute Gasteiger partial charge is 0.394 e. The highest BCUT2D eigenvalue weighted by molar-refractivity contribution is 7.99. The van der Waals surface area contributed by atoms with E-state index < -0.39 is 6.10 Å². The van der Waals surface area contributed by atoms with E-state index in [9.17, 15) is 5.11 Å². The molecule has 2 unspecified atom stereocenters. The van der Waals surface area contributed by atoms with Crippen LogP contribution in [0, 0.1) is 0 Å².